The van der Waals surface area contributed by atoms with Crippen molar-refractivity contribution < 1.29 is 19.8 Å². The summed E-state index contributed by atoms with van der Waals surface area (Å²) in [6.45, 7) is 3.81. The average Bonchev–Trinajstić information content (AvgIpc) is 2.27. The van der Waals surface area contributed by atoms with Gasteiger partial charge in [-0.3, -0.25) is 4.79 Å². The van der Waals surface area contributed by atoms with E-state index in [4.69, 9.17) is 5.11 Å². The van der Waals surface area contributed by atoms with Crippen molar-refractivity contribution in [3.63, 3.8) is 0 Å². The monoisotopic (exact) mass is 248 g/mol. The number of benzene rings is 1. The fourth-order valence-corrected chi connectivity index (χ4v) is 2.84. The van der Waals surface area contributed by atoms with Gasteiger partial charge in [-0.2, -0.15) is 0 Å². The van der Waals surface area contributed by atoms with Crippen LogP contribution in [0.1, 0.15) is 41.8 Å². The molecule has 0 heterocycles. The SMILES string of the molecule is CC1(C)c2ccc(C(=O)O)cc2CCC1C(=O)O. The van der Waals surface area contributed by atoms with Crippen molar-refractivity contribution in [3.05, 3.63) is 34.9 Å². The Morgan fingerprint density at radius 1 is 1.28 bits per heavy atom. The Labute approximate surface area is 105 Å². The van der Waals surface area contributed by atoms with Crippen LogP contribution >= 0.6 is 0 Å². The van der Waals surface area contributed by atoms with Crippen LogP contribution in [0.4, 0.5) is 0 Å². The van der Waals surface area contributed by atoms with Crippen LogP contribution in [0, 0.1) is 5.92 Å². The first-order valence-electron chi connectivity index (χ1n) is 5.93. The van der Waals surface area contributed by atoms with Gasteiger partial charge in [0, 0.05) is 5.41 Å². The maximum absolute atomic E-state index is 11.3. The van der Waals surface area contributed by atoms with E-state index < -0.39 is 23.3 Å². The van der Waals surface area contributed by atoms with Gasteiger partial charge in [-0.1, -0.05) is 19.9 Å². The maximum atomic E-state index is 11.3. The molecule has 0 amide bonds. The zero-order valence-electron chi connectivity index (χ0n) is 10.4. The number of carboxylic acids is 2. The second-order valence-electron chi connectivity index (χ2n) is 5.33. The lowest BCUT2D eigenvalue weighted by Crippen LogP contribution is -2.39. The van der Waals surface area contributed by atoms with Crippen molar-refractivity contribution in [2.75, 3.05) is 0 Å². The topological polar surface area (TPSA) is 74.6 Å². The minimum atomic E-state index is -0.948. The second kappa shape index (κ2) is 4.12. The van der Waals surface area contributed by atoms with Crippen LogP contribution in [0.25, 0.3) is 0 Å². The van der Waals surface area contributed by atoms with Crippen LogP contribution in [0.15, 0.2) is 18.2 Å². The average molecular weight is 248 g/mol. The molecule has 0 aromatic heterocycles. The van der Waals surface area contributed by atoms with Crippen molar-refractivity contribution in [1.29, 1.82) is 0 Å². The molecule has 4 heteroatoms. The number of aliphatic carboxylic acids is 1. The Morgan fingerprint density at radius 2 is 1.94 bits per heavy atom. The standard InChI is InChI=1S/C14H16O4/c1-14(2)10-5-4-9(12(15)16)7-8(10)3-6-11(14)13(17)18/h4-5,7,11H,3,6H2,1-2H3,(H,15,16)(H,17,18). The highest BCUT2D eigenvalue weighted by atomic mass is 16.4. The fraction of sp³-hybridized carbons (Fsp3) is 0.429. The molecule has 1 aromatic carbocycles. The van der Waals surface area contributed by atoms with Gasteiger partial charge in [0.25, 0.3) is 0 Å². The Balaban J connectivity index is 2.49. The van der Waals surface area contributed by atoms with Gasteiger partial charge in [0.1, 0.15) is 0 Å². The molecule has 1 aliphatic rings. The third-order valence-electron chi connectivity index (χ3n) is 3.92. The van der Waals surface area contributed by atoms with E-state index >= 15 is 0 Å². The molecular weight excluding hydrogens is 232 g/mol. The fourth-order valence-electron chi connectivity index (χ4n) is 2.84. The first-order chi connectivity index (χ1) is 8.34. The van der Waals surface area contributed by atoms with Gasteiger partial charge in [-0.05, 0) is 36.1 Å². The zero-order chi connectivity index (χ0) is 13.5. The minimum Gasteiger partial charge on any atom is -0.481 e. The number of carbonyl (C=O) groups is 2. The summed E-state index contributed by atoms with van der Waals surface area (Å²) in [6, 6.07) is 4.97. The molecule has 96 valence electrons. The van der Waals surface area contributed by atoms with Gasteiger partial charge in [-0.25, -0.2) is 4.79 Å². The third kappa shape index (κ3) is 1.88. The van der Waals surface area contributed by atoms with Crippen molar-refractivity contribution >= 4 is 11.9 Å². The van der Waals surface area contributed by atoms with E-state index in [0.29, 0.717) is 12.8 Å². The molecule has 0 saturated carbocycles. The molecule has 0 saturated heterocycles. The summed E-state index contributed by atoms with van der Waals surface area (Å²) < 4.78 is 0. The van der Waals surface area contributed by atoms with Gasteiger partial charge in [-0.15, -0.1) is 0 Å². The number of hydrogen-bond acceptors (Lipinski definition) is 2. The smallest absolute Gasteiger partial charge is 0.335 e. The summed E-state index contributed by atoms with van der Waals surface area (Å²) in [4.78, 5) is 22.2. The number of rotatable bonds is 2. The maximum Gasteiger partial charge on any atom is 0.335 e. The number of hydrogen-bond donors (Lipinski definition) is 2. The molecule has 4 nitrogen and oxygen atoms in total. The molecule has 0 aliphatic heterocycles. The normalized spacial score (nSPS) is 21.1. The second-order valence-corrected chi connectivity index (χ2v) is 5.33. The van der Waals surface area contributed by atoms with Gasteiger partial charge >= 0.3 is 11.9 Å². The largest absolute Gasteiger partial charge is 0.481 e. The van der Waals surface area contributed by atoms with Crippen LogP contribution in [0.2, 0.25) is 0 Å². The van der Waals surface area contributed by atoms with E-state index in [-0.39, 0.29) is 5.56 Å². The van der Waals surface area contributed by atoms with E-state index in [9.17, 15) is 14.7 Å². The predicted octanol–water partition coefficient (Wildman–Crippen LogP) is 2.31. The quantitative estimate of drug-likeness (QED) is 0.842. The van der Waals surface area contributed by atoms with Crippen molar-refractivity contribution in [2.24, 2.45) is 5.92 Å². The minimum absolute atomic E-state index is 0.262. The molecule has 1 aromatic rings. The van der Waals surface area contributed by atoms with Crippen LogP contribution in [-0.4, -0.2) is 22.2 Å². The molecule has 0 bridgehead atoms. The Kier molecular flexibility index (Phi) is 2.89. The summed E-state index contributed by atoms with van der Waals surface area (Å²) in [5, 5.41) is 18.2. The highest BCUT2D eigenvalue weighted by molar-refractivity contribution is 5.88. The van der Waals surface area contributed by atoms with Crippen molar-refractivity contribution in [3.8, 4) is 0 Å². The van der Waals surface area contributed by atoms with E-state index in [2.05, 4.69) is 0 Å². The first-order valence-corrected chi connectivity index (χ1v) is 5.93. The van der Waals surface area contributed by atoms with Gasteiger partial charge in [0.05, 0.1) is 11.5 Å². The lowest BCUT2D eigenvalue weighted by molar-refractivity contribution is -0.144. The summed E-state index contributed by atoms with van der Waals surface area (Å²) in [5.74, 6) is -2.15. The zero-order valence-corrected chi connectivity index (χ0v) is 10.4. The molecule has 2 N–H and O–H groups in total. The van der Waals surface area contributed by atoms with E-state index in [0.717, 1.165) is 11.1 Å². The van der Waals surface area contributed by atoms with Crippen molar-refractivity contribution in [2.45, 2.75) is 32.1 Å². The lowest BCUT2D eigenvalue weighted by Gasteiger charge is -2.38. The first kappa shape index (κ1) is 12.6. The number of aryl methyl sites for hydroxylation is 1. The van der Waals surface area contributed by atoms with E-state index in [1.54, 1.807) is 18.2 Å². The molecule has 18 heavy (non-hydrogen) atoms. The van der Waals surface area contributed by atoms with Crippen LogP contribution in [-0.2, 0) is 16.6 Å². The van der Waals surface area contributed by atoms with Crippen LogP contribution in [0.5, 0.6) is 0 Å². The van der Waals surface area contributed by atoms with Crippen molar-refractivity contribution in [1.82, 2.24) is 0 Å². The number of aromatic carboxylic acids is 1. The molecule has 0 fully saturated rings. The predicted molar refractivity (Wildman–Crippen MR) is 65.9 cm³/mol. The number of fused-ring (bicyclic) bond motifs is 1. The summed E-state index contributed by atoms with van der Waals surface area (Å²) >= 11 is 0. The van der Waals surface area contributed by atoms with Gasteiger partial charge in [0.2, 0.25) is 0 Å². The molecule has 2 rings (SSSR count). The Hall–Kier alpha value is -1.84. The van der Waals surface area contributed by atoms with Crippen LogP contribution < -0.4 is 0 Å². The number of carboxylic acid groups (broad SMARTS) is 2. The third-order valence-corrected chi connectivity index (χ3v) is 3.92. The summed E-state index contributed by atoms with van der Waals surface area (Å²) in [7, 11) is 0. The highest BCUT2D eigenvalue weighted by Gasteiger charge is 2.40. The van der Waals surface area contributed by atoms with E-state index in [1.807, 2.05) is 13.8 Å². The molecule has 1 unspecified atom stereocenters. The Bertz CT molecular complexity index is 517. The summed E-state index contributed by atoms with van der Waals surface area (Å²) in [6.07, 6.45) is 1.18. The Morgan fingerprint density at radius 3 is 2.50 bits per heavy atom. The summed E-state index contributed by atoms with van der Waals surface area (Å²) in [5.41, 5.74) is 1.71. The lowest BCUT2D eigenvalue weighted by atomic mass is 9.65. The van der Waals surface area contributed by atoms with E-state index in [1.165, 1.54) is 0 Å². The molecule has 1 atom stereocenters. The van der Waals surface area contributed by atoms with Gasteiger partial charge in [0.15, 0.2) is 0 Å². The van der Waals surface area contributed by atoms with Crippen LogP contribution in [0.3, 0.4) is 0 Å². The molecule has 1 aliphatic carbocycles. The molecule has 0 radical (unpaired) electrons. The molecular formula is C14H16O4. The van der Waals surface area contributed by atoms with Gasteiger partial charge < -0.3 is 10.2 Å². The molecule has 0 spiro atoms. The highest BCUT2D eigenvalue weighted by Crippen LogP contribution is 2.41.